The molecule has 2 amide bonds. The average molecular weight is 460 g/mol. The van der Waals surface area contributed by atoms with Crippen molar-refractivity contribution in [2.24, 2.45) is 0 Å². The summed E-state index contributed by atoms with van der Waals surface area (Å²) in [4.78, 5) is 22.0. The lowest BCUT2D eigenvalue weighted by Crippen LogP contribution is -2.50. The number of urea groups is 1. The molecule has 7 nitrogen and oxygen atoms in total. The van der Waals surface area contributed by atoms with Crippen LogP contribution >= 0.6 is 0 Å². The van der Waals surface area contributed by atoms with Gasteiger partial charge < -0.3 is 29.7 Å². The molecule has 34 heavy (non-hydrogen) atoms. The molecule has 5 rings (SSSR count). The first-order valence-electron chi connectivity index (χ1n) is 12.0. The maximum absolute atomic E-state index is 13.1. The molecule has 0 bridgehead atoms. The third kappa shape index (κ3) is 4.61. The monoisotopic (exact) mass is 459 g/mol. The van der Waals surface area contributed by atoms with Crippen LogP contribution in [0.25, 0.3) is 10.8 Å². The molecule has 3 aromatic rings. The highest BCUT2D eigenvalue weighted by atomic mass is 16.5. The highest BCUT2D eigenvalue weighted by molar-refractivity contribution is 5.94. The molecule has 2 aliphatic rings. The fourth-order valence-corrected chi connectivity index (χ4v) is 4.90. The van der Waals surface area contributed by atoms with E-state index in [1.165, 1.54) is 16.5 Å². The Bertz CT molecular complexity index is 1150. The topological polar surface area (TPSA) is 51.3 Å². The molecule has 2 saturated heterocycles. The molecule has 0 spiro atoms. The average Bonchev–Trinajstić information content (AvgIpc) is 2.89. The lowest BCUT2D eigenvalue weighted by atomic mass is 10.1. The predicted octanol–water partition coefficient (Wildman–Crippen LogP) is 3.95. The third-order valence-electron chi connectivity index (χ3n) is 6.95. The number of carbonyl (C=O) groups is 1. The van der Waals surface area contributed by atoms with Gasteiger partial charge in [0.2, 0.25) is 0 Å². The quantitative estimate of drug-likeness (QED) is 0.640. The lowest BCUT2D eigenvalue weighted by molar-refractivity contribution is 0.208. The number of ether oxygens (including phenoxy) is 1. The van der Waals surface area contributed by atoms with E-state index in [2.05, 4.69) is 69.5 Å². The van der Waals surface area contributed by atoms with Crippen LogP contribution in [0, 0.1) is 0 Å². The van der Waals surface area contributed by atoms with E-state index in [4.69, 9.17) is 4.74 Å². The van der Waals surface area contributed by atoms with Gasteiger partial charge in [0.15, 0.2) is 0 Å². The number of amides is 2. The van der Waals surface area contributed by atoms with Crippen LogP contribution in [-0.2, 0) is 0 Å². The van der Waals surface area contributed by atoms with Crippen LogP contribution in [0.5, 0.6) is 5.75 Å². The van der Waals surface area contributed by atoms with Gasteiger partial charge in [-0.2, -0.15) is 0 Å². The van der Waals surface area contributed by atoms with Gasteiger partial charge in [0.05, 0.1) is 12.8 Å². The van der Waals surface area contributed by atoms with Gasteiger partial charge in [0.1, 0.15) is 5.75 Å². The first kappa shape index (κ1) is 22.3. The molecule has 0 unspecified atom stereocenters. The van der Waals surface area contributed by atoms with Crippen LogP contribution in [0.1, 0.15) is 0 Å². The van der Waals surface area contributed by atoms with Crippen molar-refractivity contribution >= 4 is 33.9 Å². The van der Waals surface area contributed by atoms with E-state index in [-0.39, 0.29) is 6.03 Å². The number of hydrogen-bond donors (Lipinski definition) is 1. The summed E-state index contributed by atoms with van der Waals surface area (Å²) in [6.07, 6.45) is 0. The Kier molecular flexibility index (Phi) is 6.45. The number of nitrogens with zero attached hydrogens (tertiary/aromatic N) is 4. The predicted molar refractivity (Wildman–Crippen MR) is 139 cm³/mol. The number of methoxy groups -OCH3 is 1. The molecule has 2 heterocycles. The number of benzene rings is 3. The number of likely N-dealkylation sites (N-methyl/N-ethyl adjacent to an activating group) is 1. The van der Waals surface area contributed by atoms with Gasteiger partial charge >= 0.3 is 6.03 Å². The zero-order chi connectivity index (χ0) is 23.5. The highest BCUT2D eigenvalue weighted by Crippen LogP contribution is 2.32. The first-order chi connectivity index (χ1) is 16.6. The van der Waals surface area contributed by atoms with Crippen molar-refractivity contribution in [3.8, 4) is 5.75 Å². The summed E-state index contributed by atoms with van der Waals surface area (Å²) in [6, 6.07) is 20.8. The number of anilines is 3. The zero-order valence-electron chi connectivity index (χ0n) is 20.0. The Labute approximate surface area is 201 Å². The Balaban J connectivity index is 1.24. The summed E-state index contributed by atoms with van der Waals surface area (Å²) in [5.41, 5.74) is 3.08. The molecule has 178 valence electrons. The van der Waals surface area contributed by atoms with Gasteiger partial charge in [-0.3, -0.25) is 0 Å². The van der Waals surface area contributed by atoms with Gasteiger partial charge in [0.25, 0.3) is 0 Å². The van der Waals surface area contributed by atoms with Crippen molar-refractivity contribution < 1.29 is 9.53 Å². The zero-order valence-corrected chi connectivity index (χ0v) is 20.0. The van der Waals surface area contributed by atoms with Crippen molar-refractivity contribution in [2.75, 3.05) is 81.6 Å². The number of hydrogen-bond acceptors (Lipinski definition) is 5. The lowest BCUT2D eigenvalue weighted by Gasteiger charge is -2.37. The first-order valence-corrected chi connectivity index (χ1v) is 12.0. The summed E-state index contributed by atoms with van der Waals surface area (Å²) in [6.45, 7) is 6.93. The largest absolute Gasteiger partial charge is 0.495 e. The second kappa shape index (κ2) is 9.81. The van der Waals surface area contributed by atoms with Crippen LogP contribution in [0.4, 0.5) is 21.9 Å². The van der Waals surface area contributed by atoms with Crippen LogP contribution < -0.4 is 19.9 Å². The summed E-state index contributed by atoms with van der Waals surface area (Å²) in [5, 5.41) is 5.62. The molecule has 0 radical (unpaired) electrons. The molecule has 2 aliphatic heterocycles. The van der Waals surface area contributed by atoms with Crippen molar-refractivity contribution in [2.45, 2.75) is 0 Å². The molecule has 0 aliphatic carbocycles. The molecule has 2 fully saturated rings. The molecule has 0 aromatic heterocycles. The standard InChI is InChI=1S/C27H33N5O2/c1-29-12-14-31(15-13-29)25-20-22(10-11-26(25)34-2)28-27(33)32-18-16-30(17-19-32)24-9-5-7-21-6-3-4-8-23(21)24/h3-11,20H,12-19H2,1-2H3,(H,28,33). The molecular weight excluding hydrogens is 426 g/mol. The van der Waals surface area contributed by atoms with Crippen molar-refractivity contribution in [1.29, 1.82) is 0 Å². The molecule has 0 saturated carbocycles. The van der Waals surface area contributed by atoms with E-state index in [0.717, 1.165) is 56.4 Å². The van der Waals surface area contributed by atoms with Crippen molar-refractivity contribution in [3.05, 3.63) is 60.7 Å². The minimum Gasteiger partial charge on any atom is -0.495 e. The Morgan fingerprint density at radius 1 is 0.794 bits per heavy atom. The van der Waals surface area contributed by atoms with Gasteiger partial charge in [-0.05, 0) is 36.7 Å². The van der Waals surface area contributed by atoms with Gasteiger partial charge in [-0.25, -0.2) is 4.79 Å². The summed E-state index contributed by atoms with van der Waals surface area (Å²) >= 11 is 0. The fraction of sp³-hybridized carbons (Fsp3) is 0.370. The minimum absolute atomic E-state index is 0.0490. The molecular formula is C27H33N5O2. The van der Waals surface area contributed by atoms with E-state index in [1.807, 2.05) is 23.1 Å². The van der Waals surface area contributed by atoms with Crippen LogP contribution in [-0.4, -0.2) is 82.3 Å². The Hall–Kier alpha value is -3.45. The highest BCUT2D eigenvalue weighted by Gasteiger charge is 2.23. The second-order valence-electron chi connectivity index (χ2n) is 9.08. The fourth-order valence-electron chi connectivity index (χ4n) is 4.90. The summed E-state index contributed by atoms with van der Waals surface area (Å²) < 4.78 is 5.60. The Morgan fingerprint density at radius 2 is 1.47 bits per heavy atom. The van der Waals surface area contributed by atoms with E-state index < -0.39 is 0 Å². The maximum Gasteiger partial charge on any atom is 0.321 e. The number of fused-ring (bicyclic) bond motifs is 1. The van der Waals surface area contributed by atoms with Crippen molar-refractivity contribution in [3.63, 3.8) is 0 Å². The number of nitrogens with one attached hydrogen (secondary N) is 1. The van der Waals surface area contributed by atoms with Gasteiger partial charge in [-0.1, -0.05) is 36.4 Å². The third-order valence-corrected chi connectivity index (χ3v) is 6.95. The maximum atomic E-state index is 13.1. The summed E-state index contributed by atoms with van der Waals surface area (Å²) in [7, 11) is 3.84. The van der Waals surface area contributed by atoms with Crippen molar-refractivity contribution in [1.82, 2.24) is 9.80 Å². The molecule has 7 heteroatoms. The number of piperazine rings is 2. The number of carbonyl (C=O) groups excluding carboxylic acids is 1. The van der Waals surface area contributed by atoms with Gasteiger partial charge in [-0.15, -0.1) is 0 Å². The Morgan fingerprint density at radius 3 is 2.24 bits per heavy atom. The normalized spacial score (nSPS) is 17.2. The molecule has 1 N–H and O–H groups in total. The van der Waals surface area contributed by atoms with E-state index in [0.29, 0.717) is 13.1 Å². The van der Waals surface area contributed by atoms with Crippen LogP contribution in [0.2, 0.25) is 0 Å². The summed E-state index contributed by atoms with van der Waals surface area (Å²) in [5.74, 6) is 0.839. The van der Waals surface area contributed by atoms with E-state index >= 15 is 0 Å². The molecule has 3 aromatic carbocycles. The molecule has 0 atom stereocenters. The van der Waals surface area contributed by atoms with E-state index in [1.54, 1.807) is 7.11 Å². The number of rotatable bonds is 4. The van der Waals surface area contributed by atoms with Crippen LogP contribution in [0.3, 0.4) is 0 Å². The second-order valence-corrected chi connectivity index (χ2v) is 9.08. The van der Waals surface area contributed by atoms with E-state index in [9.17, 15) is 4.79 Å². The van der Waals surface area contributed by atoms with Crippen LogP contribution in [0.15, 0.2) is 60.7 Å². The minimum atomic E-state index is -0.0490. The SMILES string of the molecule is COc1ccc(NC(=O)N2CCN(c3cccc4ccccc34)CC2)cc1N1CCN(C)CC1. The van der Waals surface area contributed by atoms with Gasteiger partial charge in [0, 0.05) is 69.1 Å². The smallest absolute Gasteiger partial charge is 0.321 e.